The zero-order valence-electron chi connectivity index (χ0n) is 12.7. The van der Waals surface area contributed by atoms with Gasteiger partial charge in [0.2, 0.25) is 0 Å². The molecule has 1 aromatic heterocycles. The highest BCUT2D eigenvalue weighted by Gasteiger charge is 2.25. The summed E-state index contributed by atoms with van der Waals surface area (Å²) >= 11 is 0. The number of H-pyrrole nitrogens is 1. The van der Waals surface area contributed by atoms with E-state index in [1.54, 1.807) is 13.2 Å². The fourth-order valence-corrected chi connectivity index (χ4v) is 3.10. The van der Waals surface area contributed by atoms with Crippen LogP contribution in [-0.4, -0.2) is 68.6 Å². The summed E-state index contributed by atoms with van der Waals surface area (Å²) in [7, 11) is 2.04. The van der Waals surface area contributed by atoms with Gasteiger partial charge in [-0.2, -0.15) is 9.40 Å². The lowest BCUT2D eigenvalue weighted by Gasteiger charge is -2.18. The lowest BCUT2D eigenvalue weighted by atomic mass is 10.3. The molecule has 1 aromatic rings. The number of hydrogen-bond acceptors (Lipinski definition) is 5. The van der Waals surface area contributed by atoms with Crippen molar-refractivity contribution in [3.8, 4) is 0 Å². The first-order chi connectivity index (χ1) is 9.39. The zero-order valence-corrected chi connectivity index (χ0v) is 13.5. The van der Waals surface area contributed by atoms with Crippen LogP contribution in [0.15, 0.2) is 11.2 Å². The second-order valence-corrected chi connectivity index (χ2v) is 6.97. The van der Waals surface area contributed by atoms with Gasteiger partial charge in [0, 0.05) is 25.7 Å². The van der Waals surface area contributed by atoms with Crippen LogP contribution in [0.25, 0.3) is 0 Å². The van der Waals surface area contributed by atoms with Crippen molar-refractivity contribution in [2.45, 2.75) is 24.9 Å². The monoisotopic (exact) mass is 303 g/mol. The van der Waals surface area contributed by atoms with Crippen LogP contribution in [0.5, 0.6) is 0 Å². The van der Waals surface area contributed by atoms with Crippen molar-refractivity contribution < 1.29 is 8.42 Å². The van der Waals surface area contributed by atoms with Crippen LogP contribution in [0.1, 0.15) is 18.9 Å². The van der Waals surface area contributed by atoms with Gasteiger partial charge < -0.3 is 10.2 Å². The molecule has 7 nitrogen and oxygen atoms in total. The van der Waals surface area contributed by atoms with E-state index in [0.717, 1.165) is 19.5 Å². The Labute approximate surface area is 121 Å². The van der Waals surface area contributed by atoms with E-state index in [-0.39, 0.29) is 5.03 Å². The molecule has 1 rings (SSSR count). The predicted molar refractivity (Wildman–Crippen MR) is 79.0 cm³/mol. The largest absolute Gasteiger partial charge is 0.313 e. The molecule has 0 aliphatic carbocycles. The molecule has 0 fully saturated rings. The molecule has 0 bridgehead atoms. The Hall–Kier alpha value is -0.960. The summed E-state index contributed by atoms with van der Waals surface area (Å²) in [5, 5.41) is 9.75. The van der Waals surface area contributed by atoms with Crippen LogP contribution in [0.3, 0.4) is 0 Å². The van der Waals surface area contributed by atoms with Crippen LogP contribution in [0.2, 0.25) is 0 Å². The third kappa shape index (κ3) is 4.55. The molecule has 0 unspecified atom stereocenters. The molecule has 0 atom stereocenters. The fraction of sp³-hybridized carbons (Fsp3) is 0.750. The third-order valence-electron chi connectivity index (χ3n) is 2.99. The molecule has 0 radical (unpaired) electrons. The van der Waals surface area contributed by atoms with Crippen molar-refractivity contribution in [2.75, 3.05) is 40.8 Å². The molecule has 20 heavy (non-hydrogen) atoms. The van der Waals surface area contributed by atoms with Crippen LogP contribution >= 0.6 is 0 Å². The van der Waals surface area contributed by atoms with Crippen LogP contribution < -0.4 is 5.32 Å². The number of aromatic amines is 1. The van der Waals surface area contributed by atoms with Gasteiger partial charge in [0.1, 0.15) is 0 Å². The smallest absolute Gasteiger partial charge is 0.260 e. The minimum absolute atomic E-state index is 0.186. The number of hydrogen-bond donors (Lipinski definition) is 2. The van der Waals surface area contributed by atoms with Crippen molar-refractivity contribution in [3.05, 3.63) is 11.8 Å². The van der Waals surface area contributed by atoms with Crippen molar-refractivity contribution in [1.29, 1.82) is 0 Å². The number of nitrogens with one attached hydrogen (secondary N) is 2. The Kier molecular flexibility index (Phi) is 6.60. The summed E-state index contributed by atoms with van der Waals surface area (Å²) in [6, 6.07) is 0. The predicted octanol–water partition coefficient (Wildman–Crippen LogP) is 0.0914. The topological polar surface area (TPSA) is 81.3 Å². The summed E-state index contributed by atoms with van der Waals surface area (Å²) in [6.45, 7) is 4.59. The first kappa shape index (κ1) is 17.1. The Bertz CT molecular complexity index is 498. The molecule has 116 valence electrons. The first-order valence-corrected chi connectivity index (χ1v) is 8.17. The Morgan fingerprint density at radius 2 is 2.00 bits per heavy atom. The minimum atomic E-state index is -3.50. The lowest BCUT2D eigenvalue weighted by Crippen LogP contribution is -2.31. The standard InChI is InChI=1S/C12H25N5O2S/c1-5-13-9-11-10-14-15-12(11)20(18,19)17(4)8-6-7-16(2)3/h10,13H,5-9H2,1-4H3,(H,14,15). The molecule has 2 N–H and O–H groups in total. The maximum Gasteiger partial charge on any atom is 0.260 e. The molecule has 0 aromatic carbocycles. The number of nitrogens with zero attached hydrogens (tertiary/aromatic N) is 3. The van der Waals surface area contributed by atoms with E-state index in [0.29, 0.717) is 18.7 Å². The van der Waals surface area contributed by atoms with Crippen molar-refractivity contribution in [2.24, 2.45) is 0 Å². The molecule has 0 aliphatic rings. The molecule has 1 heterocycles. The van der Waals surface area contributed by atoms with E-state index in [1.807, 2.05) is 25.9 Å². The quantitative estimate of drug-likeness (QED) is 0.676. The summed E-state index contributed by atoms with van der Waals surface area (Å²) in [5.41, 5.74) is 0.673. The summed E-state index contributed by atoms with van der Waals surface area (Å²) in [6.07, 6.45) is 2.35. The number of rotatable bonds is 9. The van der Waals surface area contributed by atoms with Crippen LogP contribution in [0.4, 0.5) is 0 Å². The third-order valence-corrected chi connectivity index (χ3v) is 4.86. The number of sulfonamides is 1. The Balaban J connectivity index is 2.74. The van der Waals surface area contributed by atoms with Crippen molar-refractivity contribution in [3.63, 3.8) is 0 Å². The Morgan fingerprint density at radius 1 is 1.30 bits per heavy atom. The second kappa shape index (κ2) is 7.72. The highest BCUT2D eigenvalue weighted by atomic mass is 32.2. The van der Waals surface area contributed by atoms with Crippen molar-refractivity contribution >= 4 is 10.0 Å². The van der Waals surface area contributed by atoms with E-state index in [1.165, 1.54) is 4.31 Å². The van der Waals surface area contributed by atoms with E-state index in [9.17, 15) is 8.42 Å². The maximum atomic E-state index is 12.5. The van der Waals surface area contributed by atoms with Gasteiger partial charge in [-0.3, -0.25) is 5.10 Å². The van der Waals surface area contributed by atoms with Crippen molar-refractivity contribution in [1.82, 2.24) is 24.7 Å². The fourth-order valence-electron chi connectivity index (χ4n) is 1.79. The summed E-state index contributed by atoms with van der Waals surface area (Å²) in [5.74, 6) is 0. The molecule has 0 amide bonds. The SMILES string of the molecule is CCNCc1cn[nH]c1S(=O)(=O)N(C)CCCN(C)C. The van der Waals surface area contributed by atoms with E-state index >= 15 is 0 Å². The van der Waals surface area contributed by atoms with Gasteiger partial charge in [-0.05, 0) is 33.6 Å². The van der Waals surface area contributed by atoms with Gasteiger partial charge in [0.15, 0.2) is 5.03 Å². The highest BCUT2D eigenvalue weighted by Crippen LogP contribution is 2.16. The minimum Gasteiger partial charge on any atom is -0.313 e. The van der Waals surface area contributed by atoms with Gasteiger partial charge in [0.05, 0.1) is 6.20 Å². The van der Waals surface area contributed by atoms with Gasteiger partial charge >= 0.3 is 0 Å². The average Bonchev–Trinajstić information content (AvgIpc) is 2.84. The molecule has 8 heteroatoms. The first-order valence-electron chi connectivity index (χ1n) is 6.73. The molecule has 0 saturated carbocycles. The summed E-state index contributed by atoms with van der Waals surface area (Å²) < 4.78 is 26.3. The molecular weight excluding hydrogens is 278 g/mol. The van der Waals surface area contributed by atoms with E-state index in [4.69, 9.17) is 0 Å². The van der Waals surface area contributed by atoms with E-state index < -0.39 is 10.0 Å². The van der Waals surface area contributed by atoms with Gasteiger partial charge in [0.25, 0.3) is 10.0 Å². The van der Waals surface area contributed by atoms with Crippen LogP contribution in [-0.2, 0) is 16.6 Å². The zero-order chi connectivity index (χ0) is 15.2. The molecular formula is C12H25N5O2S. The lowest BCUT2D eigenvalue weighted by molar-refractivity contribution is 0.369. The second-order valence-electron chi connectivity index (χ2n) is 4.99. The van der Waals surface area contributed by atoms with Crippen LogP contribution in [0, 0.1) is 0 Å². The normalized spacial score (nSPS) is 12.5. The average molecular weight is 303 g/mol. The maximum absolute atomic E-state index is 12.5. The van der Waals surface area contributed by atoms with Gasteiger partial charge in [-0.25, -0.2) is 8.42 Å². The molecule has 0 aliphatic heterocycles. The van der Waals surface area contributed by atoms with E-state index in [2.05, 4.69) is 15.5 Å². The van der Waals surface area contributed by atoms with Gasteiger partial charge in [-0.1, -0.05) is 6.92 Å². The summed E-state index contributed by atoms with van der Waals surface area (Å²) in [4.78, 5) is 2.03. The molecule has 0 saturated heterocycles. The van der Waals surface area contributed by atoms with Gasteiger partial charge in [-0.15, -0.1) is 0 Å². The Morgan fingerprint density at radius 3 is 2.60 bits per heavy atom. The number of aromatic nitrogens is 2. The highest BCUT2D eigenvalue weighted by molar-refractivity contribution is 7.89. The molecule has 0 spiro atoms.